The van der Waals surface area contributed by atoms with Crippen molar-refractivity contribution in [2.24, 2.45) is 5.92 Å². The Morgan fingerprint density at radius 1 is 1.39 bits per heavy atom. The van der Waals surface area contributed by atoms with Gasteiger partial charge in [0.25, 0.3) is 0 Å². The van der Waals surface area contributed by atoms with E-state index in [1.807, 2.05) is 0 Å². The van der Waals surface area contributed by atoms with Gasteiger partial charge in [-0.25, -0.2) is 9.59 Å². The number of carbonyl (C=O) groups excluding carboxylic acids is 1. The van der Waals surface area contributed by atoms with E-state index in [1.54, 1.807) is 0 Å². The molecule has 2 unspecified atom stereocenters. The van der Waals surface area contributed by atoms with Gasteiger partial charge >= 0.3 is 12.0 Å². The molecule has 2 aliphatic rings. The first kappa shape index (κ1) is 13.1. The van der Waals surface area contributed by atoms with Crippen molar-refractivity contribution in [3.63, 3.8) is 0 Å². The minimum atomic E-state index is -1.05. The standard InChI is InChI=1S/C12H20N2O4/c1-2-3-7-4-9(7)13-12(18)14-6-8(15)5-10(14)11(16)17/h7-10,15H,2-6H2,1H3,(H,13,18)(H,16,17)/t7?,8-,9?,10+/m1/s1. The molecule has 18 heavy (non-hydrogen) atoms. The Balaban J connectivity index is 1.87. The quantitative estimate of drug-likeness (QED) is 0.679. The van der Waals surface area contributed by atoms with Crippen molar-refractivity contribution in [1.82, 2.24) is 10.2 Å². The Bertz CT molecular complexity index is 347. The summed E-state index contributed by atoms with van der Waals surface area (Å²) in [7, 11) is 0. The van der Waals surface area contributed by atoms with Gasteiger partial charge in [0.15, 0.2) is 0 Å². The molecule has 0 aromatic heterocycles. The van der Waals surface area contributed by atoms with E-state index in [1.165, 1.54) is 4.90 Å². The molecule has 6 heteroatoms. The normalized spacial score (nSPS) is 34.4. The summed E-state index contributed by atoms with van der Waals surface area (Å²) in [5.41, 5.74) is 0. The monoisotopic (exact) mass is 256 g/mol. The first-order chi connectivity index (χ1) is 8.52. The highest BCUT2D eigenvalue weighted by Gasteiger charge is 2.43. The van der Waals surface area contributed by atoms with Gasteiger partial charge in [-0.3, -0.25) is 0 Å². The van der Waals surface area contributed by atoms with Gasteiger partial charge in [0, 0.05) is 19.0 Å². The molecule has 4 atom stereocenters. The lowest BCUT2D eigenvalue weighted by Gasteiger charge is -2.21. The number of aliphatic hydroxyl groups is 1. The number of rotatable bonds is 4. The number of carboxylic acid groups (broad SMARTS) is 1. The number of nitrogens with one attached hydrogen (secondary N) is 1. The summed E-state index contributed by atoms with van der Waals surface area (Å²) in [6.45, 7) is 2.21. The number of hydrogen-bond acceptors (Lipinski definition) is 3. The van der Waals surface area contributed by atoms with Gasteiger partial charge < -0.3 is 20.4 Å². The van der Waals surface area contributed by atoms with Gasteiger partial charge in [-0.2, -0.15) is 0 Å². The van der Waals surface area contributed by atoms with E-state index in [9.17, 15) is 14.7 Å². The molecular formula is C12H20N2O4. The largest absolute Gasteiger partial charge is 0.480 e. The Morgan fingerprint density at radius 2 is 2.11 bits per heavy atom. The molecule has 3 N–H and O–H groups in total. The Labute approximate surface area is 106 Å². The van der Waals surface area contributed by atoms with E-state index in [2.05, 4.69) is 12.2 Å². The van der Waals surface area contributed by atoms with E-state index >= 15 is 0 Å². The zero-order valence-corrected chi connectivity index (χ0v) is 10.5. The van der Waals surface area contributed by atoms with E-state index in [0.29, 0.717) is 5.92 Å². The summed E-state index contributed by atoms with van der Waals surface area (Å²) in [6, 6.07) is -1.07. The van der Waals surface area contributed by atoms with Crippen LogP contribution in [0.5, 0.6) is 0 Å². The molecule has 1 heterocycles. The average molecular weight is 256 g/mol. The fraction of sp³-hybridized carbons (Fsp3) is 0.833. The van der Waals surface area contributed by atoms with Crippen molar-refractivity contribution >= 4 is 12.0 Å². The summed E-state index contributed by atoms with van der Waals surface area (Å²) in [4.78, 5) is 24.2. The van der Waals surface area contributed by atoms with Crippen molar-refractivity contribution in [3.8, 4) is 0 Å². The Kier molecular flexibility index (Phi) is 3.75. The lowest BCUT2D eigenvalue weighted by Crippen LogP contribution is -2.47. The molecule has 2 fully saturated rings. The maximum absolute atomic E-state index is 11.9. The van der Waals surface area contributed by atoms with Crippen LogP contribution in [-0.2, 0) is 4.79 Å². The lowest BCUT2D eigenvalue weighted by molar-refractivity contribution is -0.141. The summed E-state index contributed by atoms with van der Waals surface area (Å²) in [5.74, 6) is -0.516. The minimum absolute atomic E-state index is 0.105. The number of carbonyl (C=O) groups is 2. The molecule has 0 aromatic rings. The van der Waals surface area contributed by atoms with Gasteiger partial charge in [-0.05, 0) is 18.8 Å². The third-order valence-electron chi connectivity index (χ3n) is 3.72. The molecule has 102 valence electrons. The molecule has 6 nitrogen and oxygen atoms in total. The van der Waals surface area contributed by atoms with Crippen LogP contribution < -0.4 is 5.32 Å². The zero-order chi connectivity index (χ0) is 13.3. The van der Waals surface area contributed by atoms with E-state index in [-0.39, 0.29) is 25.0 Å². The van der Waals surface area contributed by atoms with Crippen LogP contribution in [0, 0.1) is 5.92 Å². The maximum Gasteiger partial charge on any atom is 0.326 e. The van der Waals surface area contributed by atoms with Crippen LogP contribution in [0.3, 0.4) is 0 Å². The van der Waals surface area contributed by atoms with Crippen LogP contribution in [-0.4, -0.2) is 51.8 Å². The number of aliphatic hydroxyl groups excluding tert-OH is 1. The highest BCUT2D eigenvalue weighted by atomic mass is 16.4. The maximum atomic E-state index is 11.9. The highest BCUT2D eigenvalue weighted by molar-refractivity contribution is 5.83. The van der Waals surface area contributed by atoms with Gasteiger partial charge in [-0.15, -0.1) is 0 Å². The molecule has 1 saturated carbocycles. The number of nitrogens with zero attached hydrogens (tertiary/aromatic N) is 1. The molecule has 1 aliphatic carbocycles. The number of β-amino-alcohol motifs (C(OH)–C–C–N with tert-alkyl or cyclic N) is 1. The van der Waals surface area contributed by atoms with Gasteiger partial charge in [0.05, 0.1) is 6.10 Å². The number of aliphatic carboxylic acids is 1. The molecule has 1 aliphatic heterocycles. The second-order valence-corrected chi connectivity index (χ2v) is 5.24. The number of amides is 2. The first-order valence-electron chi connectivity index (χ1n) is 6.51. The fourth-order valence-electron chi connectivity index (χ4n) is 2.63. The van der Waals surface area contributed by atoms with Crippen molar-refractivity contribution in [3.05, 3.63) is 0 Å². The number of carboxylic acids is 1. The number of likely N-dealkylation sites (tertiary alicyclic amines) is 1. The summed E-state index contributed by atoms with van der Waals surface area (Å²) < 4.78 is 0. The van der Waals surface area contributed by atoms with Gasteiger partial charge in [-0.1, -0.05) is 13.3 Å². The van der Waals surface area contributed by atoms with E-state index in [4.69, 9.17) is 5.11 Å². The predicted octanol–water partition coefficient (Wildman–Crippen LogP) is 0.404. The molecule has 0 radical (unpaired) electrons. The molecule has 0 bridgehead atoms. The smallest absolute Gasteiger partial charge is 0.326 e. The van der Waals surface area contributed by atoms with Crippen molar-refractivity contribution < 1.29 is 19.8 Å². The van der Waals surface area contributed by atoms with Crippen molar-refractivity contribution in [2.75, 3.05) is 6.54 Å². The van der Waals surface area contributed by atoms with E-state index < -0.39 is 18.1 Å². The molecule has 2 amide bonds. The van der Waals surface area contributed by atoms with Crippen LogP contribution in [0.4, 0.5) is 4.79 Å². The zero-order valence-electron chi connectivity index (χ0n) is 10.5. The van der Waals surface area contributed by atoms with Crippen molar-refractivity contribution in [2.45, 2.75) is 50.8 Å². The summed E-state index contributed by atoms with van der Waals surface area (Å²) in [5, 5.41) is 21.3. The molecule has 0 aromatic carbocycles. The second-order valence-electron chi connectivity index (χ2n) is 5.24. The van der Waals surface area contributed by atoms with Crippen LogP contribution >= 0.6 is 0 Å². The lowest BCUT2D eigenvalue weighted by atomic mass is 10.2. The molecule has 0 spiro atoms. The third kappa shape index (κ3) is 2.75. The van der Waals surface area contributed by atoms with Crippen LogP contribution in [0.15, 0.2) is 0 Å². The molecular weight excluding hydrogens is 236 g/mol. The van der Waals surface area contributed by atoms with Crippen molar-refractivity contribution in [1.29, 1.82) is 0 Å². The summed E-state index contributed by atoms with van der Waals surface area (Å²) in [6.07, 6.45) is 2.55. The Hall–Kier alpha value is -1.30. The average Bonchev–Trinajstić information content (AvgIpc) is 2.88. The van der Waals surface area contributed by atoms with Crippen LogP contribution in [0.25, 0.3) is 0 Å². The SMILES string of the molecule is CCCC1CC1NC(=O)N1C[C@H](O)C[C@H]1C(=O)O. The van der Waals surface area contributed by atoms with Gasteiger partial charge in [0.1, 0.15) is 6.04 Å². The van der Waals surface area contributed by atoms with E-state index in [0.717, 1.165) is 19.3 Å². The molecule has 1 saturated heterocycles. The minimum Gasteiger partial charge on any atom is -0.480 e. The fourth-order valence-corrected chi connectivity index (χ4v) is 2.63. The number of urea groups is 1. The van der Waals surface area contributed by atoms with Crippen LogP contribution in [0.1, 0.15) is 32.6 Å². The van der Waals surface area contributed by atoms with Gasteiger partial charge in [0.2, 0.25) is 0 Å². The Morgan fingerprint density at radius 3 is 2.72 bits per heavy atom. The predicted molar refractivity (Wildman–Crippen MR) is 64.1 cm³/mol. The topological polar surface area (TPSA) is 89.9 Å². The second kappa shape index (κ2) is 5.14. The molecule has 2 rings (SSSR count). The van der Waals surface area contributed by atoms with Crippen LogP contribution in [0.2, 0.25) is 0 Å². The summed E-state index contributed by atoms with van der Waals surface area (Å²) >= 11 is 0. The first-order valence-corrected chi connectivity index (χ1v) is 6.51. The highest BCUT2D eigenvalue weighted by Crippen LogP contribution is 2.34. The third-order valence-corrected chi connectivity index (χ3v) is 3.72. The number of hydrogen-bond donors (Lipinski definition) is 3.